The van der Waals surface area contributed by atoms with E-state index in [1.807, 2.05) is 13.8 Å². The second-order valence-electron chi connectivity index (χ2n) is 6.29. The summed E-state index contributed by atoms with van der Waals surface area (Å²) in [4.78, 5) is 23.5. The molecular weight excluding hydrogens is 314 g/mol. The summed E-state index contributed by atoms with van der Waals surface area (Å²) in [5.74, 6) is 0.468. The third-order valence-electron chi connectivity index (χ3n) is 4.17. The van der Waals surface area contributed by atoms with Gasteiger partial charge in [-0.05, 0) is 45.1 Å². The fourth-order valence-electron chi connectivity index (χ4n) is 2.64. The average molecular weight is 335 g/mol. The fourth-order valence-corrected chi connectivity index (χ4v) is 4.76. The molecule has 2 aromatic rings. The summed E-state index contributed by atoms with van der Waals surface area (Å²) in [5.41, 5.74) is 1.26. The predicted molar refractivity (Wildman–Crippen MR) is 92.7 cm³/mol. The molecule has 1 aliphatic rings. The van der Waals surface area contributed by atoms with Crippen molar-refractivity contribution in [3.8, 4) is 0 Å². The molecule has 1 aliphatic carbocycles. The second kappa shape index (κ2) is 6.16. The molecule has 2 heterocycles. The van der Waals surface area contributed by atoms with Gasteiger partial charge in [0.1, 0.15) is 16.2 Å². The number of amides is 1. The van der Waals surface area contributed by atoms with Gasteiger partial charge >= 0.3 is 0 Å². The van der Waals surface area contributed by atoms with Gasteiger partial charge in [-0.3, -0.25) is 4.79 Å². The monoisotopic (exact) mass is 335 g/mol. The van der Waals surface area contributed by atoms with Crippen molar-refractivity contribution >= 4 is 39.2 Å². The topological polar surface area (TPSA) is 54.9 Å². The van der Waals surface area contributed by atoms with Crippen molar-refractivity contribution in [3.63, 3.8) is 0 Å². The molecular formula is C16H21N3OS2. The third-order valence-corrected chi connectivity index (χ3v) is 6.36. The molecule has 3 rings (SSSR count). The molecule has 0 bridgehead atoms. The molecule has 0 atom stereocenters. The third kappa shape index (κ3) is 3.13. The number of hydrogen-bond acceptors (Lipinski definition) is 5. The van der Waals surface area contributed by atoms with E-state index in [0.717, 1.165) is 29.1 Å². The Morgan fingerprint density at radius 3 is 3.00 bits per heavy atom. The maximum absolute atomic E-state index is 12.1. The number of hydrogen-bond donors (Lipinski definition) is 1. The van der Waals surface area contributed by atoms with Crippen molar-refractivity contribution in [1.29, 1.82) is 0 Å². The van der Waals surface area contributed by atoms with Crippen LogP contribution >= 0.6 is 23.1 Å². The standard InChI is InChI=1S/C16H21N3OS2/c1-4-16(2,3)19-12(20)8-21-14-13-10-6-5-7-11(10)22-15(13)18-9-17-14/h9H,4-8H2,1-3H3,(H,19,20). The number of aryl methyl sites for hydroxylation is 2. The van der Waals surface area contributed by atoms with E-state index < -0.39 is 0 Å². The summed E-state index contributed by atoms with van der Waals surface area (Å²) in [5, 5.41) is 5.21. The first kappa shape index (κ1) is 15.7. The lowest BCUT2D eigenvalue weighted by Crippen LogP contribution is -2.43. The van der Waals surface area contributed by atoms with Crippen molar-refractivity contribution in [3.05, 3.63) is 16.8 Å². The van der Waals surface area contributed by atoms with Gasteiger partial charge in [0.2, 0.25) is 5.91 Å². The molecule has 0 unspecified atom stereocenters. The van der Waals surface area contributed by atoms with Crippen LogP contribution in [0.2, 0.25) is 0 Å². The van der Waals surface area contributed by atoms with E-state index in [0.29, 0.717) is 5.75 Å². The van der Waals surface area contributed by atoms with Crippen LogP contribution in [0.15, 0.2) is 11.4 Å². The molecule has 2 aromatic heterocycles. The quantitative estimate of drug-likeness (QED) is 0.670. The van der Waals surface area contributed by atoms with E-state index in [2.05, 4.69) is 22.2 Å². The number of nitrogens with one attached hydrogen (secondary N) is 1. The SMILES string of the molecule is CCC(C)(C)NC(=O)CSc1ncnc2sc3c(c12)CCC3. The van der Waals surface area contributed by atoms with Gasteiger partial charge in [0.15, 0.2) is 0 Å². The Labute approximate surface area is 139 Å². The van der Waals surface area contributed by atoms with E-state index in [4.69, 9.17) is 0 Å². The molecule has 0 aliphatic heterocycles. The Morgan fingerprint density at radius 2 is 2.23 bits per heavy atom. The molecule has 4 nitrogen and oxygen atoms in total. The maximum Gasteiger partial charge on any atom is 0.230 e. The van der Waals surface area contributed by atoms with Crippen LogP contribution in [0.25, 0.3) is 10.2 Å². The highest BCUT2D eigenvalue weighted by Crippen LogP contribution is 2.39. The lowest BCUT2D eigenvalue weighted by atomic mass is 10.0. The minimum absolute atomic E-state index is 0.0653. The van der Waals surface area contributed by atoms with Crippen LogP contribution in [0.5, 0.6) is 0 Å². The lowest BCUT2D eigenvalue weighted by Gasteiger charge is -2.24. The smallest absolute Gasteiger partial charge is 0.230 e. The molecule has 0 radical (unpaired) electrons. The summed E-state index contributed by atoms with van der Waals surface area (Å²) in [7, 11) is 0. The van der Waals surface area contributed by atoms with Gasteiger partial charge in [0.05, 0.1) is 5.75 Å². The highest BCUT2D eigenvalue weighted by atomic mass is 32.2. The number of aromatic nitrogens is 2. The van der Waals surface area contributed by atoms with Gasteiger partial charge < -0.3 is 5.32 Å². The van der Waals surface area contributed by atoms with Crippen LogP contribution in [-0.4, -0.2) is 27.2 Å². The van der Waals surface area contributed by atoms with E-state index in [9.17, 15) is 4.79 Å². The van der Waals surface area contributed by atoms with Crippen LogP contribution < -0.4 is 5.32 Å². The summed E-state index contributed by atoms with van der Waals surface area (Å²) in [6, 6.07) is 0. The van der Waals surface area contributed by atoms with E-state index in [1.165, 1.54) is 34.0 Å². The van der Waals surface area contributed by atoms with Crippen LogP contribution in [0.3, 0.4) is 0 Å². The Bertz CT molecular complexity index is 709. The molecule has 118 valence electrons. The zero-order valence-electron chi connectivity index (χ0n) is 13.2. The van der Waals surface area contributed by atoms with Crippen molar-refractivity contribution in [2.45, 2.75) is 57.0 Å². The van der Waals surface area contributed by atoms with Crippen LogP contribution in [0.4, 0.5) is 0 Å². The number of thiophene rings is 1. The highest BCUT2D eigenvalue weighted by Gasteiger charge is 2.22. The van der Waals surface area contributed by atoms with Crippen LogP contribution in [-0.2, 0) is 17.6 Å². The molecule has 0 fully saturated rings. The van der Waals surface area contributed by atoms with Gasteiger partial charge in [0.25, 0.3) is 0 Å². The van der Waals surface area contributed by atoms with Gasteiger partial charge in [0, 0.05) is 15.8 Å². The predicted octanol–water partition coefficient (Wildman–Crippen LogP) is 3.58. The van der Waals surface area contributed by atoms with Crippen LogP contribution in [0, 0.1) is 0 Å². The maximum atomic E-state index is 12.1. The summed E-state index contributed by atoms with van der Waals surface area (Å²) in [6.07, 6.45) is 6.03. The van der Waals surface area contributed by atoms with E-state index in [1.54, 1.807) is 17.7 Å². The summed E-state index contributed by atoms with van der Waals surface area (Å²) < 4.78 is 0. The first-order valence-electron chi connectivity index (χ1n) is 7.69. The number of thioether (sulfide) groups is 1. The van der Waals surface area contributed by atoms with Crippen LogP contribution in [0.1, 0.15) is 44.1 Å². The molecule has 1 amide bonds. The van der Waals surface area contributed by atoms with E-state index in [-0.39, 0.29) is 11.4 Å². The molecule has 0 saturated heterocycles. The number of fused-ring (bicyclic) bond motifs is 3. The molecule has 6 heteroatoms. The lowest BCUT2D eigenvalue weighted by molar-refractivity contribution is -0.120. The normalized spacial score (nSPS) is 14.3. The number of carbonyl (C=O) groups is 1. The largest absolute Gasteiger partial charge is 0.351 e. The minimum atomic E-state index is -0.151. The van der Waals surface area contributed by atoms with Crippen molar-refractivity contribution in [1.82, 2.24) is 15.3 Å². The Hall–Kier alpha value is -1.14. The van der Waals surface area contributed by atoms with Crippen molar-refractivity contribution in [2.24, 2.45) is 0 Å². The first-order valence-corrected chi connectivity index (χ1v) is 9.49. The highest BCUT2D eigenvalue weighted by molar-refractivity contribution is 8.00. The molecule has 0 saturated carbocycles. The molecule has 22 heavy (non-hydrogen) atoms. The zero-order chi connectivity index (χ0) is 15.7. The fraction of sp³-hybridized carbons (Fsp3) is 0.562. The van der Waals surface area contributed by atoms with Gasteiger partial charge in [-0.1, -0.05) is 18.7 Å². The molecule has 1 N–H and O–H groups in total. The van der Waals surface area contributed by atoms with Crippen molar-refractivity contribution in [2.75, 3.05) is 5.75 Å². The zero-order valence-corrected chi connectivity index (χ0v) is 14.9. The Morgan fingerprint density at radius 1 is 1.41 bits per heavy atom. The van der Waals surface area contributed by atoms with Gasteiger partial charge in [-0.25, -0.2) is 9.97 Å². The van der Waals surface area contributed by atoms with Gasteiger partial charge in [-0.15, -0.1) is 11.3 Å². The Balaban J connectivity index is 1.76. The van der Waals surface area contributed by atoms with E-state index >= 15 is 0 Å². The summed E-state index contributed by atoms with van der Waals surface area (Å²) >= 11 is 3.31. The minimum Gasteiger partial charge on any atom is -0.351 e. The van der Waals surface area contributed by atoms with Crippen molar-refractivity contribution < 1.29 is 4.79 Å². The number of nitrogens with zero attached hydrogens (tertiary/aromatic N) is 2. The molecule has 0 spiro atoms. The van der Waals surface area contributed by atoms with Gasteiger partial charge in [-0.2, -0.15) is 0 Å². The average Bonchev–Trinajstić information content (AvgIpc) is 3.05. The first-order chi connectivity index (χ1) is 10.5. The molecule has 0 aromatic carbocycles. The second-order valence-corrected chi connectivity index (χ2v) is 8.34. The summed E-state index contributed by atoms with van der Waals surface area (Å²) in [6.45, 7) is 6.17. The Kier molecular flexibility index (Phi) is 4.41. The number of rotatable bonds is 5. The number of carbonyl (C=O) groups excluding carboxylic acids is 1.